The number of fused-ring (bicyclic) bond motifs is 1. The molecular formula is C23H30ClN3O3. The standard InChI is InChI=1S/C23H30ClN3O3/c24-18-8-6-17(7-9-18)16-25-11-3-12-26(15-14-25)21(28)10-13-27-22(29)19-4-1-2-5-20(19)23(27)30/h6-9,19-20H,1-5,10-16H2. The molecule has 2 heterocycles. The molecule has 1 aromatic rings. The van der Waals surface area contributed by atoms with Crippen molar-refractivity contribution in [1.29, 1.82) is 0 Å². The summed E-state index contributed by atoms with van der Waals surface area (Å²) in [5.41, 5.74) is 1.21. The third-order valence-electron chi connectivity index (χ3n) is 6.74. The predicted molar refractivity (Wildman–Crippen MR) is 115 cm³/mol. The number of benzene rings is 1. The minimum Gasteiger partial charge on any atom is -0.341 e. The first kappa shape index (κ1) is 21.3. The van der Waals surface area contributed by atoms with Crippen LogP contribution < -0.4 is 0 Å². The lowest BCUT2D eigenvalue weighted by Gasteiger charge is -2.23. The minimum atomic E-state index is -0.138. The van der Waals surface area contributed by atoms with Crippen LogP contribution in [0.25, 0.3) is 0 Å². The average Bonchev–Trinajstić information content (AvgIpc) is 2.90. The maximum Gasteiger partial charge on any atom is 0.233 e. The molecule has 30 heavy (non-hydrogen) atoms. The van der Waals surface area contributed by atoms with E-state index < -0.39 is 0 Å². The molecule has 2 saturated heterocycles. The van der Waals surface area contributed by atoms with Crippen LogP contribution in [0.4, 0.5) is 0 Å². The highest BCUT2D eigenvalue weighted by atomic mass is 35.5. The summed E-state index contributed by atoms with van der Waals surface area (Å²) in [6.45, 7) is 4.24. The number of amides is 3. The molecule has 2 unspecified atom stereocenters. The van der Waals surface area contributed by atoms with Gasteiger partial charge in [0.05, 0.1) is 11.8 Å². The monoisotopic (exact) mass is 431 g/mol. The van der Waals surface area contributed by atoms with Crippen LogP contribution in [-0.2, 0) is 20.9 Å². The zero-order chi connectivity index (χ0) is 21.1. The van der Waals surface area contributed by atoms with E-state index in [1.54, 1.807) is 0 Å². The largest absolute Gasteiger partial charge is 0.341 e. The van der Waals surface area contributed by atoms with Gasteiger partial charge in [-0.1, -0.05) is 36.6 Å². The molecule has 3 aliphatic rings. The number of halogens is 1. The Morgan fingerprint density at radius 2 is 1.57 bits per heavy atom. The number of nitrogens with zero attached hydrogens (tertiary/aromatic N) is 3. The van der Waals surface area contributed by atoms with Crippen molar-refractivity contribution in [2.45, 2.75) is 45.1 Å². The zero-order valence-corrected chi connectivity index (χ0v) is 18.1. The molecule has 2 aliphatic heterocycles. The molecule has 0 spiro atoms. The van der Waals surface area contributed by atoms with Crippen LogP contribution in [-0.4, -0.2) is 65.1 Å². The summed E-state index contributed by atoms with van der Waals surface area (Å²) in [7, 11) is 0. The maximum absolute atomic E-state index is 12.8. The first-order valence-electron chi connectivity index (χ1n) is 11.1. The second-order valence-electron chi connectivity index (χ2n) is 8.71. The minimum absolute atomic E-state index is 0.0406. The Morgan fingerprint density at radius 3 is 2.23 bits per heavy atom. The molecule has 1 saturated carbocycles. The SMILES string of the molecule is O=C(CCN1C(=O)C2CCCCC2C1=O)N1CCCN(Cc2ccc(Cl)cc2)CC1. The van der Waals surface area contributed by atoms with E-state index in [2.05, 4.69) is 4.90 Å². The molecule has 2 atom stereocenters. The van der Waals surface area contributed by atoms with Crippen LogP contribution in [0.1, 0.15) is 44.1 Å². The molecule has 0 bridgehead atoms. The second-order valence-corrected chi connectivity index (χ2v) is 9.15. The Morgan fingerprint density at radius 1 is 0.900 bits per heavy atom. The van der Waals surface area contributed by atoms with E-state index in [9.17, 15) is 14.4 Å². The van der Waals surface area contributed by atoms with E-state index in [-0.39, 0.29) is 42.5 Å². The van der Waals surface area contributed by atoms with Crippen LogP contribution in [0, 0.1) is 11.8 Å². The van der Waals surface area contributed by atoms with Gasteiger partial charge in [0.1, 0.15) is 0 Å². The van der Waals surface area contributed by atoms with Crippen molar-refractivity contribution in [2.75, 3.05) is 32.7 Å². The van der Waals surface area contributed by atoms with Gasteiger partial charge in [0.25, 0.3) is 0 Å². The topological polar surface area (TPSA) is 60.9 Å². The van der Waals surface area contributed by atoms with Crippen molar-refractivity contribution < 1.29 is 14.4 Å². The summed E-state index contributed by atoms with van der Waals surface area (Å²) in [6.07, 6.45) is 4.82. The average molecular weight is 432 g/mol. The summed E-state index contributed by atoms with van der Waals surface area (Å²) >= 11 is 5.96. The van der Waals surface area contributed by atoms with Crippen molar-refractivity contribution in [1.82, 2.24) is 14.7 Å². The van der Waals surface area contributed by atoms with Gasteiger partial charge in [-0.05, 0) is 37.0 Å². The molecule has 3 fully saturated rings. The van der Waals surface area contributed by atoms with Gasteiger partial charge < -0.3 is 4.90 Å². The number of hydrogen-bond acceptors (Lipinski definition) is 4. The van der Waals surface area contributed by atoms with E-state index in [0.717, 1.165) is 63.3 Å². The summed E-state index contributed by atoms with van der Waals surface area (Å²) in [5.74, 6) is -0.342. The first-order valence-corrected chi connectivity index (χ1v) is 11.5. The highest BCUT2D eigenvalue weighted by Crippen LogP contribution is 2.38. The van der Waals surface area contributed by atoms with Gasteiger partial charge in [0.15, 0.2) is 0 Å². The highest BCUT2D eigenvalue weighted by Gasteiger charge is 2.47. The number of hydrogen-bond donors (Lipinski definition) is 0. The summed E-state index contributed by atoms with van der Waals surface area (Å²) in [6, 6.07) is 7.89. The number of imide groups is 1. The fraction of sp³-hybridized carbons (Fsp3) is 0.609. The molecule has 0 N–H and O–H groups in total. The summed E-state index contributed by atoms with van der Waals surface area (Å²) < 4.78 is 0. The van der Waals surface area contributed by atoms with E-state index in [4.69, 9.17) is 11.6 Å². The Bertz CT molecular complexity index is 773. The van der Waals surface area contributed by atoms with Gasteiger partial charge in [-0.3, -0.25) is 24.2 Å². The molecule has 0 aromatic heterocycles. The van der Waals surface area contributed by atoms with Crippen molar-refractivity contribution in [3.63, 3.8) is 0 Å². The predicted octanol–water partition coefficient (Wildman–Crippen LogP) is 2.94. The van der Waals surface area contributed by atoms with Crippen molar-refractivity contribution in [3.05, 3.63) is 34.9 Å². The second kappa shape index (κ2) is 9.48. The van der Waals surface area contributed by atoms with Crippen molar-refractivity contribution >= 4 is 29.3 Å². The Hall–Kier alpha value is -1.92. The fourth-order valence-corrected chi connectivity index (χ4v) is 5.17. The van der Waals surface area contributed by atoms with E-state index >= 15 is 0 Å². The first-order chi connectivity index (χ1) is 14.5. The van der Waals surface area contributed by atoms with Gasteiger partial charge in [0.2, 0.25) is 17.7 Å². The molecule has 162 valence electrons. The maximum atomic E-state index is 12.8. The third kappa shape index (κ3) is 4.70. The van der Waals surface area contributed by atoms with Crippen LogP contribution in [0.3, 0.4) is 0 Å². The molecule has 4 rings (SSSR count). The lowest BCUT2D eigenvalue weighted by atomic mass is 9.81. The van der Waals surface area contributed by atoms with Gasteiger partial charge in [-0.15, -0.1) is 0 Å². The number of rotatable bonds is 5. The van der Waals surface area contributed by atoms with Crippen LogP contribution in [0.5, 0.6) is 0 Å². The number of carbonyl (C=O) groups excluding carboxylic acids is 3. The van der Waals surface area contributed by atoms with E-state index in [1.165, 1.54) is 10.5 Å². The molecular weight excluding hydrogens is 402 g/mol. The Kier molecular flexibility index (Phi) is 6.74. The fourth-order valence-electron chi connectivity index (χ4n) is 5.04. The summed E-state index contributed by atoms with van der Waals surface area (Å²) in [5, 5.41) is 0.737. The number of carbonyl (C=O) groups is 3. The zero-order valence-electron chi connectivity index (χ0n) is 17.4. The van der Waals surface area contributed by atoms with Crippen LogP contribution >= 0.6 is 11.6 Å². The Balaban J connectivity index is 1.26. The quantitative estimate of drug-likeness (QED) is 0.672. The van der Waals surface area contributed by atoms with Gasteiger partial charge in [-0.25, -0.2) is 0 Å². The van der Waals surface area contributed by atoms with Gasteiger partial charge in [0, 0.05) is 50.7 Å². The van der Waals surface area contributed by atoms with Crippen LogP contribution in [0.2, 0.25) is 5.02 Å². The normalized spacial score (nSPS) is 25.4. The van der Waals surface area contributed by atoms with Crippen molar-refractivity contribution in [3.8, 4) is 0 Å². The third-order valence-corrected chi connectivity index (χ3v) is 6.99. The molecule has 1 aliphatic carbocycles. The van der Waals surface area contributed by atoms with Gasteiger partial charge >= 0.3 is 0 Å². The lowest BCUT2D eigenvalue weighted by molar-refractivity contribution is -0.140. The van der Waals surface area contributed by atoms with Crippen LogP contribution in [0.15, 0.2) is 24.3 Å². The van der Waals surface area contributed by atoms with E-state index in [0.29, 0.717) is 6.54 Å². The number of likely N-dealkylation sites (tertiary alicyclic amines) is 1. The molecule has 6 nitrogen and oxygen atoms in total. The van der Waals surface area contributed by atoms with Gasteiger partial charge in [-0.2, -0.15) is 0 Å². The lowest BCUT2D eigenvalue weighted by Crippen LogP contribution is -2.39. The molecule has 7 heteroatoms. The molecule has 0 radical (unpaired) electrons. The smallest absolute Gasteiger partial charge is 0.233 e. The van der Waals surface area contributed by atoms with E-state index in [1.807, 2.05) is 29.2 Å². The van der Waals surface area contributed by atoms with Crippen molar-refractivity contribution in [2.24, 2.45) is 11.8 Å². The molecule has 3 amide bonds. The Labute approximate surface area is 183 Å². The molecule has 1 aromatic carbocycles. The highest BCUT2D eigenvalue weighted by molar-refractivity contribution is 6.30. The summed E-state index contributed by atoms with van der Waals surface area (Å²) in [4.78, 5) is 43.6.